The van der Waals surface area contributed by atoms with Gasteiger partial charge in [-0.15, -0.1) is 0 Å². The minimum absolute atomic E-state index is 0.0169. The van der Waals surface area contributed by atoms with Crippen molar-refractivity contribution < 1.29 is 51.7 Å². The summed E-state index contributed by atoms with van der Waals surface area (Å²) in [6.45, 7) is 12.8. The summed E-state index contributed by atoms with van der Waals surface area (Å²) in [5, 5.41) is 6.95. The van der Waals surface area contributed by atoms with E-state index in [0.29, 0.717) is 16.8 Å². The van der Waals surface area contributed by atoms with Gasteiger partial charge in [0.25, 0.3) is 5.91 Å². The Kier molecular flexibility index (Phi) is 11.0. The fraction of sp³-hybridized carbons (Fsp3) is 0.543. The van der Waals surface area contributed by atoms with E-state index in [1.54, 1.807) is 74.7 Å². The molecule has 3 heterocycles. The lowest BCUT2D eigenvalue weighted by Gasteiger charge is -2.31. The van der Waals surface area contributed by atoms with E-state index in [9.17, 15) is 23.7 Å². The maximum Gasteiger partial charge on any atom is 0.459 e. The molecule has 0 bridgehead atoms. The summed E-state index contributed by atoms with van der Waals surface area (Å²) in [5.41, 5.74) is 3.81. The number of aromatic nitrogens is 3. The molecule has 1 aliphatic carbocycles. The van der Waals surface area contributed by atoms with Gasteiger partial charge in [0.2, 0.25) is 5.60 Å². The highest BCUT2D eigenvalue weighted by atomic mass is 31.2. The van der Waals surface area contributed by atoms with Crippen LogP contribution in [0, 0.1) is 11.8 Å². The second-order valence-corrected chi connectivity index (χ2v) is 16.0. The number of nitrogens with two attached hydrogens (primary N) is 1. The second-order valence-electron chi connectivity index (χ2n) is 14.4. The van der Waals surface area contributed by atoms with E-state index in [-0.39, 0.29) is 17.5 Å². The summed E-state index contributed by atoms with van der Waals surface area (Å²) in [6, 6.07) is 7.91. The summed E-state index contributed by atoms with van der Waals surface area (Å²) in [5.74, 6) is -3.38. The third-order valence-corrected chi connectivity index (χ3v) is 10.6. The minimum atomic E-state index is -4.66. The van der Waals surface area contributed by atoms with Gasteiger partial charge >= 0.3 is 25.7 Å². The first-order valence-corrected chi connectivity index (χ1v) is 18.8. The number of ether oxygens (including phenoxy) is 4. The number of rotatable bonds is 14. The van der Waals surface area contributed by atoms with E-state index >= 15 is 0 Å². The van der Waals surface area contributed by atoms with Gasteiger partial charge in [-0.1, -0.05) is 27.7 Å². The van der Waals surface area contributed by atoms with Gasteiger partial charge in [-0.2, -0.15) is 10.2 Å². The SMILES string of the molecule is CC(C)OC(=O)[C@H](C)N[P@@](=O)(Oc1ccc(C(=O)N(C)C)cc1)OC1[C@@]2(C)O[C@@H](c3ccc4c(N)ncnn34)[C@H](OC(=O)C(C)C)[C@@]12OC(=O)C(C)C. The molecule has 5 rings (SSSR count). The van der Waals surface area contributed by atoms with Crippen molar-refractivity contribution in [2.75, 3.05) is 19.8 Å². The number of carbonyl (C=O) groups is 4. The van der Waals surface area contributed by atoms with Gasteiger partial charge in [0, 0.05) is 19.7 Å². The molecule has 53 heavy (non-hydrogen) atoms. The Labute approximate surface area is 307 Å². The molecule has 1 saturated heterocycles. The molecule has 17 nitrogen and oxygen atoms in total. The highest BCUT2D eigenvalue weighted by Gasteiger charge is 2.91. The first-order valence-electron chi connectivity index (χ1n) is 17.2. The second kappa shape index (κ2) is 14.7. The first-order chi connectivity index (χ1) is 24.7. The zero-order valence-electron chi connectivity index (χ0n) is 31.4. The van der Waals surface area contributed by atoms with Crippen LogP contribution in [0.5, 0.6) is 5.75 Å². The largest absolute Gasteiger partial charge is 0.462 e. The molecule has 2 fully saturated rings. The summed E-state index contributed by atoms with van der Waals surface area (Å²) in [4.78, 5) is 57.7. The molecule has 1 aliphatic heterocycles. The molecular weight excluding hydrogens is 711 g/mol. The number of nitrogen functional groups attached to an aromatic ring is 1. The Bertz CT molecular complexity index is 1930. The van der Waals surface area contributed by atoms with Crippen LogP contribution in [-0.2, 0) is 42.4 Å². The van der Waals surface area contributed by atoms with Crippen molar-refractivity contribution in [1.29, 1.82) is 0 Å². The third-order valence-electron chi connectivity index (χ3n) is 8.94. The summed E-state index contributed by atoms with van der Waals surface area (Å²) >= 11 is 0. The molecule has 1 saturated carbocycles. The van der Waals surface area contributed by atoms with Gasteiger partial charge < -0.3 is 34.1 Å². The average Bonchev–Trinajstić information content (AvgIpc) is 3.34. The molecule has 3 N–H and O–H groups in total. The molecular formula is C35H47N6O11P. The molecule has 2 aromatic heterocycles. The van der Waals surface area contributed by atoms with E-state index in [1.165, 1.54) is 46.9 Å². The smallest absolute Gasteiger partial charge is 0.459 e. The summed E-state index contributed by atoms with van der Waals surface area (Å²) in [7, 11) is -1.45. The molecule has 3 aromatic rings. The maximum atomic E-state index is 14.9. The predicted molar refractivity (Wildman–Crippen MR) is 189 cm³/mol. The highest BCUT2D eigenvalue weighted by molar-refractivity contribution is 7.52. The van der Waals surface area contributed by atoms with Crippen molar-refractivity contribution in [3.63, 3.8) is 0 Å². The lowest BCUT2D eigenvalue weighted by Crippen LogP contribution is -2.45. The van der Waals surface area contributed by atoms with Gasteiger partial charge in [0.05, 0.1) is 23.6 Å². The summed E-state index contributed by atoms with van der Waals surface area (Å²) in [6.07, 6.45) is -3.06. The van der Waals surface area contributed by atoms with Crippen molar-refractivity contribution in [3.8, 4) is 5.75 Å². The van der Waals surface area contributed by atoms with Crippen LogP contribution in [-0.4, -0.2) is 93.0 Å². The van der Waals surface area contributed by atoms with Gasteiger partial charge in [-0.3, -0.25) is 23.7 Å². The first kappa shape index (κ1) is 39.6. The normalized spacial score (nSPS) is 25.1. The Hall–Kier alpha value is -4.57. The zero-order chi connectivity index (χ0) is 39.2. The highest BCUT2D eigenvalue weighted by Crippen LogP contribution is 2.71. The molecule has 1 unspecified atom stereocenters. The van der Waals surface area contributed by atoms with Crippen LogP contribution in [0.25, 0.3) is 5.52 Å². The zero-order valence-corrected chi connectivity index (χ0v) is 32.3. The van der Waals surface area contributed by atoms with E-state index in [4.69, 9.17) is 33.7 Å². The molecule has 2 aliphatic rings. The topological polar surface area (TPSA) is 212 Å². The van der Waals surface area contributed by atoms with Crippen molar-refractivity contribution >= 4 is 42.9 Å². The van der Waals surface area contributed by atoms with Crippen LogP contribution in [0.3, 0.4) is 0 Å². The van der Waals surface area contributed by atoms with Crippen molar-refractivity contribution in [1.82, 2.24) is 24.6 Å². The van der Waals surface area contributed by atoms with E-state index in [0.717, 1.165) is 0 Å². The number of hydrogen-bond donors (Lipinski definition) is 2. The maximum absolute atomic E-state index is 14.9. The number of hydrogen-bond acceptors (Lipinski definition) is 14. The van der Waals surface area contributed by atoms with Crippen LogP contribution in [0.4, 0.5) is 5.82 Å². The fourth-order valence-corrected chi connectivity index (χ4v) is 7.84. The van der Waals surface area contributed by atoms with Crippen molar-refractivity contribution in [3.05, 3.63) is 54.0 Å². The van der Waals surface area contributed by atoms with E-state index in [1.807, 2.05) is 0 Å². The van der Waals surface area contributed by atoms with Crippen molar-refractivity contribution in [2.45, 2.75) is 97.0 Å². The van der Waals surface area contributed by atoms with Crippen LogP contribution in [0.15, 0.2) is 42.7 Å². The number of benzene rings is 1. The molecule has 288 valence electrons. The average molecular weight is 759 g/mol. The number of esters is 3. The lowest BCUT2D eigenvalue weighted by molar-refractivity contribution is -0.181. The van der Waals surface area contributed by atoms with Gasteiger partial charge in [0.1, 0.15) is 41.4 Å². The van der Waals surface area contributed by atoms with Gasteiger partial charge in [-0.05, 0) is 64.1 Å². The molecule has 7 atom stereocenters. The minimum Gasteiger partial charge on any atom is -0.462 e. The number of amides is 1. The number of nitrogens with one attached hydrogen (secondary N) is 1. The van der Waals surface area contributed by atoms with Crippen LogP contribution in [0.2, 0.25) is 0 Å². The Balaban J connectivity index is 1.59. The Morgan fingerprint density at radius 1 is 0.962 bits per heavy atom. The lowest BCUT2D eigenvalue weighted by atomic mass is 10.0. The van der Waals surface area contributed by atoms with Crippen molar-refractivity contribution in [2.24, 2.45) is 11.8 Å². The van der Waals surface area contributed by atoms with E-state index < -0.39 is 79.2 Å². The predicted octanol–water partition coefficient (Wildman–Crippen LogP) is 3.86. The fourth-order valence-electron chi connectivity index (χ4n) is 6.07. The number of nitrogens with zero attached hydrogens (tertiary/aromatic N) is 4. The molecule has 18 heteroatoms. The molecule has 1 aromatic carbocycles. The third kappa shape index (κ3) is 7.48. The molecule has 0 spiro atoms. The van der Waals surface area contributed by atoms with Gasteiger partial charge in [0.15, 0.2) is 11.9 Å². The quantitative estimate of drug-likeness (QED) is 0.136. The standard InChI is InChI=1S/C35H47N6O11P/c1-18(2)30(43)48-27-26(24-15-16-25-28(36)37-17-38-41(24)25)49-34(8)33(35(27,34)50-31(44)19(3)4)52-53(46,39-21(7)32(45)47-20(5)6)51-23-13-11-22(12-14-23)29(42)40(9)10/h11-21,26-27,33H,1-10H3,(H,39,46)(H2,36,37,38)/t21-,26-,27-,33?,34+,35+,53+/m0/s1. The van der Waals surface area contributed by atoms with Crippen LogP contribution >= 0.6 is 7.75 Å². The van der Waals surface area contributed by atoms with Gasteiger partial charge in [-0.25, -0.2) is 14.1 Å². The number of anilines is 1. The number of fused-ring (bicyclic) bond motifs is 2. The Morgan fingerprint density at radius 2 is 1.60 bits per heavy atom. The summed E-state index contributed by atoms with van der Waals surface area (Å²) < 4.78 is 52.9. The monoisotopic (exact) mass is 758 g/mol. The van der Waals surface area contributed by atoms with Crippen LogP contribution < -0.4 is 15.3 Å². The molecule has 1 amide bonds. The molecule has 0 radical (unpaired) electrons. The van der Waals surface area contributed by atoms with Crippen LogP contribution in [0.1, 0.15) is 77.5 Å². The van der Waals surface area contributed by atoms with E-state index in [2.05, 4.69) is 15.2 Å². The Morgan fingerprint density at radius 3 is 2.19 bits per heavy atom. The number of carbonyl (C=O) groups excluding carboxylic acids is 4.